The second kappa shape index (κ2) is 10.7. The zero-order valence-electron chi connectivity index (χ0n) is 22.5. The van der Waals surface area contributed by atoms with E-state index in [1.54, 1.807) is 13.0 Å². The molecule has 0 radical (unpaired) electrons. The fourth-order valence-corrected chi connectivity index (χ4v) is 10.5. The van der Waals surface area contributed by atoms with Gasteiger partial charge in [-0.2, -0.15) is 8.42 Å². The van der Waals surface area contributed by atoms with Gasteiger partial charge in [-0.25, -0.2) is 0 Å². The summed E-state index contributed by atoms with van der Waals surface area (Å²) in [5, 5.41) is 2.43. The van der Waals surface area contributed by atoms with E-state index < -0.39 is 18.3 Å². The summed E-state index contributed by atoms with van der Waals surface area (Å²) < 4.78 is 44.4. The first-order valence-corrected chi connectivity index (χ1v) is 15.8. The van der Waals surface area contributed by atoms with Crippen molar-refractivity contribution in [3.05, 3.63) is 90.5 Å². The maximum absolute atomic E-state index is 12.7. The van der Waals surface area contributed by atoms with Gasteiger partial charge in [0.1, 0.15) is 6.34 Å². The molecule has 0 aliphatic carbocycles. The van der Waals surface area contributed by atoms with Crippen molar-refractivity contribution >= 4 is 35.1 Å². The van der Waals surface area contributed by atoms with Crippen molar-refractivity contribution in [1.29, 1.82) is 0 Å². The molecule has 0 spiro atoms. The molecule has 0 saturated carbocycles. The van der Waals surface area contributed by atoms with Crippen LogP contribution in [0.25, 0.3) is 0 Å². The molecule has 3 aromatic rings. The van der Waals surface area contributed by atoms with Crippen LogP contribution in [0.2, 0.25) is 5.04 Å². The van der Waals surface area contributed by atoms with Gasteiger partial charge in [-0.3, -0.25) is 0 Å². The van der Waals surface area contributed by atoms with Crippen molar-refractivity contribution < 1.29 is 14.2 Å². The van der Waals surface area contributed by atoms with Gasteiger partial charge in [0, 0.05) is 19.2 Å². The Morgan fingerprint density at radius 3 is 2.00 bits per heavy atom. The summed E-state index contributed by atoms with van der Waals surface area (Å²) in [7, 11) is -6.48. The molecule has 0 bridgehead atoms. The van der Waals surface area contributed by atoms with Crippen molar-refractivity contribution in [3.63, 3.8) is 0 Å². The summed E-state index contributed by atoms with van der Waals surface area (Å²) >= 11 is 0. The van der Waals surface area contributed by atoms with Crippen molar-refractivity contribution in [2.75, 3.05) is 13.1 Å². The fourth-order valence-electron chi connectivity index (χ4n) is 4.89. The largest absolute Gasteiger partial charge is 0.404 e. The highest BCUT2D eigenvalue weighted by molar-refractivity contribution is 7.90. The summed E-state index contributed by atoms with van der Waals surface area (Å²) in [6.07, 6.45) is 3.07. The molecule has 3 aromatic carbocycles. The van der Waals surface area contributed by atoms with Gasteiger partial charge in [0.2, 0.25) is 0 Å². The minimum Gasteiger partial charge on any atom is -0.404 e. The minimum absolute atomic E-state index is 0.0456. The standard InChI is InChI=1S/C29H36N2O3SSi/c1-24-15-17-26(18-16-24)35(32,33)30-23-31-21-19-25(20-22-31)34-36(29(2,3)4,27-11-7-5-8-12-27)28-13-9-6-10-14-28/h5-18,23,25H,19-22H2,1-4H3/i15D. The molecule has 1 aliphatic rings. The van der Waals surface area contributed by atoms with E-state index in [2.05, 4.69) is 73.7 Å². The molecule has 0 aromatic heterocycles. The fraction of sp³-hybridized carbons (Fsp3) is 0.345. The highest BCUT2D eigenvalue weighted by Gasteiger charge is 2.51. The molecule has 36 heavy (non-hydrogen) atoms. The van der Waals surface area contributed by atoms with E-state index in [4.69, 9.17) is 5.80 Å². The van der Waals surface area contributed by atoms with Gasteiger partial charge in [0.25, 0.3) is 18.3 Å². The highest BCUT2D eigenvalue weighted by atomic mass is 32.2. The van der Waals surface area contributed by atoms with Crippen LogP contribution in [0, 0.1) is 6.92 Å². The van der Waals surface area contributed by atoms with E-state index in [1.165, 1.54) is 28.8 Å². The van der Waals surface area contributed by atoms with Gasteiger partial charge in [0.15, 0.2) is 0 Å². The summed E-state index contributed by atoms with van der Waals surface area (Å²) in [4.78, 5) is 1.99. The van der Waals surface area contributed by atoms with Crippen molar-refractivity contribution in [2.24, 2.45) is 4.40 Å². The van der Waals surface area contributed by atoms with Gasteiger partial charge in [-0.1, -0.05) is 99.1 Å². The maximum Gasteiger partial charge on any atom is 0.283 e. The Hall–Kier alpha value is -2.74. The predicted molar refractivity (Wildman–Crippen MR) is 150 cm³/mol. The lowest BCUT2D eigenvalue weighted by Crippen LogP contribution is -2.68. The van der Waals surface area contributed by atoms with Crippen LogP contribution in [0.3, 0.4) is 0 Å². The summed E-state index contributed by atoms with van der Waals surface area (Å²) in [6, 6.07) is 25.9. The van der Waals surface area contributed by atoms with Crippen molar-refractivity contribution in [3.8, 4) is 0 Å². The smallest absolute Gasteiger partial charge is 0.283 e. The molecule has 4 rings (SSSR count). The van der Waals surface area contributed by atoms with Crippen LogP contribution in [0.5, 0.6) is 0 Å². The van der Waals surface area contributed by atoms with E-state index in [1.807, 2.05) is 17.0 Å². The molecule has 0 atom stereocenters. The quantitative estimate of drug-likeness (QED) is 0.256. The molecular formula is C29H36N2O3SSi. The van der Waals surface area contributed by atoms with Gasteiger partial charge >= 0.3 is 0 Å². The normalized spacial score (nSPS) is 16.3. The lowest BCUT2D eigenvalue weighted by molar-refractivity contribution is 0.123. The SMILES string of the molecule is [2H]c1cc(S(=O)(=O)N=CN2CCC(O[Si](c3ccccc3)(c3ccccc3)C(C)(C)C)CC2)ccc1C. The van der Waals surface area contributed by atoms with E-state index in [0.717, 1.165) is 18.4 Å². The van der Waals surface area contributed by atoms with Gasteiger partial charge in [-0.15, -0.1) is 4.40 Å². The van der Waals surface area contributed by atoms with Gasteiger partial charge in [0.05, 0.1) is 6.27 Å². The van der Waals surface area contributed by atoms with Crippen LogP contribution in [-0.2, 0) is 14.4 Å². The molecule has 0 N–H and O–H groups in total. The van der Waals surface area contributed by atoms with Gasteiger partial charge < -0.3 is 9.33 Å². The van der Waals surface area contributed by atoms with E-state index in [-0.39, 0.29) is 22.1 Å². The molecule has 0 amide bonds. The second-order valence-corrected chi connectivity index (χ2v) is 16.3. The molecule has 1 saturated heterocycles. The Morgan fingerprint density at radius 1 is 0.944 bits per heavy atom. The third-order valence-electron chi connectivity index (χ3n) is 6.82. The number of hydrogen-bond acceptors (Lipinski definition) is 3. The first-order valence-electron chi connectivity index (χ1n) is 12.9. The van der Waals surface area contributed by atoms with Crippen LogP contribution in [0.4, 0.5) is 0 Å². The zero-order chi connectivity index (χ0) is 26.7. The summed E-state index contributed by atoms with van der Waals surface area (Å²) in [5.41, 5.74) is 0.728. The Kier molecular flexibility index (Phi) is 7.41. The van der Waals surface area contributed by atoms with Crippen molar-refractivity contribution in [2.45, 2.75) is 56.6 Å². The molecule has 5 nitrogen and oxygen atoms in total. The van der Waals surface area contributed by atoms with Crippen molar-refractivity contribution in [1.82, 2.24) is 4.90 Å². The number of piperidine rings is 1. The van der Waals surface area contributed by atoms with Crippen LogP contribution in [-0.4, -0.2) is 47.2 Å². The molecule has 190 valence electrons. The van der Waals surface area contributed by atoms with E-state index in [0.29, 0.717) is 13.1 Å². The molecule has 1 heterocycles. The molecular weight excluding hydrogens is 484 g/mol. The molecule has 1 fully saturated rings. The lowest BCUT2D eigenvalue weighted by Gasteiger charge is -2.46. The third kappa shape index (κ3) is 5.64. The average molecular weight is 522 g/mol. The molecule has 7 heteroatoms. The monoisotopic (exact) mass is 521 g/mol. The number of benzene rings is 3. The van der Waals surface area contributed by atoms with E-state index in [9.17, 15) is 8.42 Å². The first kappa shape index (κ1) is 24.9. The second-order valence-electron chi connectivity index (χ2n) is 10.4. The maximum atomic E-state index is 12.7. The topological polar surface area (TPSA) is 59.0 Å². The number of rotatable bonds is 7. The Labute approximate surface area is 218 Å². The Bertz CT molecular complexity index is 1300. The number of hydrogen-bond donors (Lipinski definition) is 0. The van der Waals surface area contributed by atoms with Crippen LogP contribution in [0.1, 0.15) is 40.5 Å². The highest BCUT2D eigenvalue weighted by Crippen LogP contribution is 2.38. The Morgan fingerprint density at radius 2 is 1.50 bits per heavy atom. The number of aryl methyl sites for hydroxylation is 1. The molecule has 1 aliphatic heterocycles. The predicted octanol–water partition coefficient (Wildman–Crippen LogP) is 4.75. The van der Waals surface area contributed by atoms with E-state index >= 15 is 0 Å². The number of likely N-dealkylation sites (tertiary alicyclic amines) is 1. The van der Waals surface area contributed by atoms with Gasteiger partial charge in [-0.05, 0) is 47.3 Å². The third-order valence-corrected chi connectivity index (χ3v) is 13.1. The average Bonchev–Trinajstić information content (AvgIpc) is 2.88. The summed E-state index contributed by atoms with van der Waals surface area (Å²) in [5.74, 6) is 0. The molecule has 0 unspecified atom stereocenters. The van der Waals surface area contributed by atoms with Crippen LogP contribution in [0.15, 0.2) is 94.2 Å². The lowest BCUT2D eigenvalue weighted by atomic mass is 10.1. The number of nitrogens with zero attached hydrogens (tertiary/aromatic N) is 2. The summed E-state index contributed by atoms with van der Waals surface area (Å²) in [6.45, 7) is 9.94. The van der Waals surface area contributed by atoms with Crippen LogP contribution < -0.4 is 10.4 Å². The number of sulfonamides is 1. The minimum atomic E-state index is -3.85. The zero-order valence-corrected chi connectivity index (χ0v) is 23.3. The Balaban J connectivity index is 1.52. The first-order chi connectivity index (χ1) is 17.5. The van der Waals surface area contributed by atoms with Crippen LogP contribution >= 0.6 is 0 Å².